The molecule has 38 heavy (non-hydrogen) atoms. The van der Waals surface area contributed by atoms with Crippen LogP contribution in [0.25, 0.3) is 22.5 Å². The van der Waals surface area contributed by atoms with E-state index < -0.39 is 0 Å². The molecule has 196 valence electrons. The molecule has 3 aromatic carbocycles. The van der Waals surface area contributed by atoms with Gasteiger partial charge in [0.15, 0.2) is 5.16 Å². The van der Waals surface area contributed by atoms with Crippen LogP contribution >= 0.6 is 11.8 Å². The zero-order valence-corrected chi connectivity index (χ0v) is 22.5. The Kier molecular flexibility index (Phi) is 9.59. The number of hydrogen-bond donors (Lipinski definition) is 1. The van der Waals surface area contributed by atoms with Gasteiger partial charge in [0.05, 0.1) is 23.6 Å². The third-order valence-corrected chi connectivity index (χ3v) is 6.38. The third kappa shape index (κ3) is 7.49. The number of carbonyl (C=O) groups excluding carboxylic acids is 1. The molecule has 0 amide bonds. The van der Waals surface area contributed by atoms with Crippen molar-refractivity contribution < 1.29 is 19.1 Å². The first-order valence-corrected chi connectivity index (χ1v) is 13.3. The van der Waals surface area contributed by atoms with Crippen molar-refractivity contribution in [2.24, 2.45) is 11.1 Å². The molecule has 0 atom stereocenters. The van der Waals surface area contributed by atoms with Crippen LogP contribution < -0.4 is 4.74 Å². The van der Waals surface area contributed by atoms with Crippen molar-refractivity contribution >= 4 is 23.4 Å². The minimum absolute atomic E-state index is 0.232. The molecule has 0 saturated heterocycles. The summed E-state index contributed by atoms with van der Waals surface area (Å²) in [6.45, 7) is 4.62. The predicted molar refractivity (Wildman–Crippen MR) is 152 cm³/mol. The van der Waals surface area contributed by atoms with E-state index in [4.69, 9.17) is 19.3 Å². The average molecular weight is 530 g/mol. The van der Waals surface area contributed by atoms with Gasteiger partial charge in [0.2, 0.25) is 0 Å². The van der Waals surface area contributed by atoms with Gasteiger partial charge in [-0.1, -0.05) is 91.4 Å². The Labute approximate surface area is 227 Å². The Morgan fingerprint density at radius 2 is 1.61 bits per heavy atom. The van der Waals surface area contributed by atoms with Crippen LogP contribution in [0.5, 0.6) is 5.75 Å². The van der Waals surface area contributed by atoms with E-state index in [2.05, 4.69) is 34.4 Å². The fourth-order valence-corrected chi connectivity index (χ4v) is 4.36. The van der Waals surface area contributed by atoms with E-state index in [1.807, 2.05) is 50.2 Å². The standard InChI is InChI=1S/C30H31N3O4S/c1-21(2)18-37-29(34)24-14-16-26(17-15-24)36-19-25(33-35-3)20-38-30-31-27(22-10-6-4-7-11-22)28(32-30)23-12-8-5-9-13-23/h4-17,21H,18-20H2,1-3H3,(H,31,32)/b33-25+. The van der Waals surface area contributed by atoms with Crippen molar-refractivity contribution in [3.05, 3.63) is 90.5 Å². The van der Waals surface area contributed by atoms with Crippen LogP contribution in [0.2, 0.25) is 0 Å². The lowest BCUT2D eigenvalue weighted by atomic mass is 10.1. The Hall–Kier alpha value is -4.04. The number of aromatic nitrogens is 2. The second-order valence-electron chi connectivity index (χ2n) is 8.93. The number of oxime groups is 1. The number of imidazole rings is 1. The molecule has 7 nitrogen and oxygen atoms in total. The Morgan fingerprint density at radius 1 is 0.947 bits per heavy atom. The molecule has 4 aromatic rings. The maximum absolute atomic E-state index is 12.1. The monoisotopic (exact) mass is 529 g/mol. The second kappa shape index (κ2) is 13.5. The Balaban J connectivity index is 1.41. The van der Waals surface area contributed by atoms with Crippen molar-refractivity contribution in [1.29, 1.82) is 0 Å². The molecular weight excluding hydrogens is 498 g/mol. The number of benzene rings is 3. The van der Waals surface area contributed by atoms with E-state index in [9.17, 15) is 4.79 Å². The number of H-pyrrole nitrogens is 1. The van der Waals surface area contributed by atoms with Gasteiger partial charge in [0.25, 0.3) is 0 Å². The zero-order valence-electron chi connectivity index (χ0n) is 21.7. The highest BCUT2D eigenvalue weighted by molar-refractivity contribution is 7.99. The van der Waals surface area contributed by atoms with Gasteiger partial charge in [-0.05, 0) is 30.2 Å². The van der Waals surface area contributed by atoms with E-state index in [1.165, 1.54) is 18.9 Å². The van der Waals surface area contributed by atoms with Crippen LogP contribution in [0, 0.1) is 5.92 Å². The summed E-state index contributed by atoms with van der Waals surface area (Å²) in [5.74, 6) is 1.08. The van der Waals surface area contributed by atoms with E-state index >= 15 is 0 Å². The van der Waals surface area contributed by atoms with E-state index in [0.29, 0.717) is 29.4 Å². The van der Waals surface area contributed by atoms with E-state index in [0.717, 1.165) is 27.7 Å². The number of aromatic amines is 1. The highest BCUT2D eigenvalue weighted by atomic mass is 32.2. The van der Waals surface area contributed by atoms with Crippen LogP contribution in [0.3, 0.4) is 0 Å². The van der Waals surface area contributed by atoms with Gasteiger partial charge in [-0.2, -0.15) is 0 Å². The van der Waals surface area contributed by atoms with Gasteiger partial charge in [0.1, 0.15) is 25.2 Å². The van der Waals surface area contributed by atoms with Crippen LogP contribution in [-0.4, -0.2) is 47.7 Å². The smallest absolute Gasteiger partial charge is 0.338 e. The maximum Gasteiger partial charge on any atom is 0.338 e. The second-order valence-corrected chi connectivity index (χ2v) is 9.90. The summed E-state index contributed by atoms with van der Waals surface area (Å²) in [5, 5.41) is 4.92. The summed E-state index contributed by atoms with van der Waals surface area (Å²) in [6.07, 6.45) is 0. The number of ether oxygens (including phenoxy) is 2. The molecule has 0 unspecified atom stereocenters. The first kappa shape index (κ1) is 27.0. The fraction of sp³-hybridized carbons (Fsp3) is 0.233. The molecular formula is C30H31N3O4S. The first-order valence-electron chi connectivity index (χ1n) is 12.4. The summed E-state index contributed by atoms with van der Waals surface area (Å²) in [6, 6.07) is 27.1. The number of nitrogens with one attached hydrogen (secondary N) is 1. The normalized spacial score (nSPS) is 11.4. The Bertz CT molecular complexity index is 1280. The van der Waals surface area contributed by atoms with Crippen LogP contribution in [-0.2, 0) is 9.57 Å². The SMILES string of the molecule is CO/N=C(\COc1ccc(C(=O)OCC(C)C)cc1)CSc1nc(-c2ccccc2)c(-c2ccccc2)[nH]1. The minimum atomic E-state index is -0.341. The maximum atomic E-state index is 12.1. The Morgan fingerprint density at radius 3 is 2.24 bits per heavy atom. The summed E-state index contributed by atoms with van der Waals surface area (Å²) in [7, 11) is 1.51. The van der Waals surface area contributed by atoms with Gasteiger partial charge in [0, 0.05) is 16.9 Å². The van der Waals surface area contributed by atoms with Gasteiger partial charge in [-0.15, -0.1) is 0 Å². The van der Waals surface area contributed by atoms with Crippen molar-refractivity contribution in [2.75, 3.05) is 26.1 Å². The number of carbonyl (C=O) groups is 1. The molecule has 1 heterocycles. The molecule has 0 bridgehead atoms. The average Bonchev–Trinajstić information content (AvgIpc) is 3.39. The van der Waals surface area contributed by atoms with Crippen molar-refractivity contribution in [2.45, 2.75) is 19.0 Å². The number of nitrogens with zero attached hydrogens (tertiary/aromatic N) is 2. The van der Waals surface area contributed by atoms with Gasteiger partial charge >= 0.3 is 5.97 Å². The number of rotatable bonds is 12. The molecule has 0 saturated carbocycles. The summed E-state index contributed by atoms with van der Waals surface area (Å²) >= 11 is 1.52. The van der Waals surface area contributed by atoms with Crippen LogP contribution in [0.1, 0.15) is 24.2 Å². The zero-order chi connectivity index (χ0) is 26.7. The van der Waals surface area contributed by atoms with E-state index in [-0.39, 0.29) is 18.5 Å². The molecule has 0 aliphatic heterocycles. The number of thioether (sulfide) groups is 1. The highest BCUT2D eigenvalue weighted by Gasteiger charge is 2.15. The number of hydrogen-bond acceptors (Lipinski definition) is 7. The van der Waals surface area contributed by atoms with Gasteiger partial charge in [-0.3, -0.25) is 0 Å². The largest absolute Gasteiger partial charge is 0.487 e. The first-order chi connectivity index (χ1) is 18.5. The lowest BCUT2D eigenvalue weighted by Crippen LogP contribution is -2.15. The molecule has 1 N–H and O–H groups in total. The molecule has 0 aliphatic carbocycles. The topological polar surface area (TPSA) is 85.8 Å². The van der Waals surface area contributed by atoms with Crippen molar-refractivity contribution in [1.82, 2.24) is 9.97 Å². The third-order valence-electron chi connectivity index (χ3n) is 5.43. The quantitative estimate of drug-likeness (QED) is 0.0948. The fourth-order valence-electron chi connectivity index (χ4n) is 3.59. The molecule has 0 spiro atoms. The predicted octanol–water partition coefficient (Wildman–Crippen LogP) is 6.73. The molecule has 0 aliphatic rings. The number of esters is 1. The van der Waals surface area contributed by atoms with Crippen molar-refractivity contribution in [3.8, 4) is 28.3 Å². The highest BCUT2D eigenvalue weighted by Crippen LogP contribution is 2.32. The molecule has 4 rings (SSSR count). The molecule has 8 heteroatoms. The van der Waals surface area contributed by atoms with Gasteiger partial charge in [-0.25, -0.2) is 9.78 Å². The molecule has 0 radical (unpaired) electrons. The van der Waals surface area contributed by atoms with Crippen molar-refractivity contribution in [3.63, 3.8) is 0 Å². The summed E-state index contributed by atoms with van der Waals surface area (Å²) < 4.78 is 11.2. The van der Waals surface area contributed by atoms with Gasteiger partial charge < -0.3 is 19.3 Å². The van der Waals surface area contributed by atoms with Crippen LogP contribution in [0.4, 0.5) is 0 Å². The molecule has 1 aromatic heterocycles. The van der Waals surface area contributed by atoms with E-state index in [1.54, 1.807) is 24.3 Å². The minimum Gasteiger partial charge on any atom is -0.487 e. The lowest BCUT2D eigenvalue weighted by molar-refractivity contribution is 0.0459. The molecule has 0 fully saturated rings. The summed E-state index contributed by atoms with van der Waals surface area (Å²) in [4.78, 5) is 25.5. The lowest BCUT2D eigenvalue weighted by Gasteiger charge is -2.09. The summed E-state index contributed by atoms with van der Waals surface area (Å²) in [5.41, 5.74) is 5.16. The van der Waals surface area contributed by atoms with Crippen LogP contribution in [0.15, 0.2) is 95.2 Å².